The van der Waals surface area contributed by atoms with Gasteiger partial charge in [0.25, 0.3) is 0 Å². The van der Waals surface area contributed by atoms with Crippen molar-refractivity contribution in [3.63, 3.8) is 0 Å². The molecular weight excluding hydrogens is 236 g/mol. The second-order valence-electron chi connectivity index (χ2n) is 6.77. The summed E-state index contributed by atoms with van der Waals surface area (Å²) in [6, 6.07) is 1.38. The minimum atomic E-state index is 0.605. The van der Waals surface area contributed by atoms with Crippen molar-refractivity contribution in [3.05, 3.63) is 0 Å². The molecule has 0 bridgehead atoms. The number of ether oxygens (including phenoxy) is 1. The molecule has 1 aliphatic carbocycles. The summed E-state index contributed by atoms with van der Waals surface area (Å²) in [7, 11) is 1.82. The molecule has 19 heavy (non-hydrogen) atoms. The van der Waals surface area contributed by atoms with Crippen LogP contribution in [0.1, 0.15) is 52.4 Å². The average molecular weight is 268 g/mol. The lowest BCUT2D eigenvalue weighted by Gasteiger charge is -2.34. The van der Waals surface area contributed by atoms with Crippen molar-refractivity contribution in [1.82, 2.24) is 10.2 Å². The Balaban J connectivity index is 1.82. The fraction of sp³-hybridized carbons (Fsp3) is 1.00. The van der Waals surface area contributed by atoms with Gasteiger partial charge in [0.1, 0.15) is 0 Å². The molecule has 3 heteroatoms. The Bertz CT molecular complexity index is 265. The van der Waals surface area contributed by atoms with E-state index in [9.17, 15) is 0 Å². The standard InChI is InChI=1S/C16H32N2O/c1-4-15-6-11-18(10-5-14(2)17-15)13-16(7-8-16)9-12-19-3/h14-15,17H,4-13H2,1-3H3. The molecule has 2 rings (SSSR count). The molecule has 0 radical (unpaired) electrons. The largest absolute Gasteiger partial charge is 0.385 e. The Morgan fingerprint density at radius 3 is 2.63 bits per heavy atom. The summed E-state index contributed by atoms with van der Waals surface area (Å²) < 4.78 is 5.27. The van der Waals surface area contributed by atoms with E-state index in [0.29, 0.717) is 17.5 Å². The van der Waals surface area contributed by atoms with Crippen LogP contribution in [0.25, 0.3) is 0 Å². The lowest BCUT2D eigenvalue weighted by Crippen LogP contribution is -2.45. The van der Waals surface area contributed by atoms with Crippen molar-refractivity contribution in [2.45, 2.75) is 64.5 Å². The fourth-order valence-electron chi connectivity index (χ4n) is 3.33. The molecule has 3 nitrogen and oxygen atoms in total. The number of nitrogens with one attached hydrogen (secondary N) is 1. The van der Waals surface area contributed by atoms with Crippen LogP contribution in [-0.4, -0.2) is 50.3 Å². The quantitative estimate of drug-likeness (QED) is 0.801. The average Bonchev–Trinajstić information content (AvgIpc) is 3.16. The van der Waals surface area contributed by atoms with E-state index >= 15 is 0 Å². The van der Waals surface area contributed by atoms with E-state index in [1.807, 2.05) is 7.11 Å². The van der Waals surface area contributed by atoms with Crippen molar-refractivity contribution in [3.8, 4) is 0 Å². The van der Waals surface area contributed by atoms with Crippen LogP contribution in [0.5, 0.6) is 0 Å². The van der Waals surface area contributed by atoms with Crippen LogP contribution in [0.2, 0.25) is 0 Å². The normalized spacial score (nSPS) is 31.7. The first-order valence-corrected chi connectivity index (χ1v) is 8.15. The van der Waals surface area contributed by atoms with Gasteiger partial charge in [0.05, 0.1) is 0 Å². The van der Waals surface area contributed by atoms with Gasteiger partial charge >= 0.3 is 0 Å². The van der Waals surface area contributed by atoms with Gasteiger partial charge in [-0.15, -0.1) is 0 Å². The van der Waals surface area contributed by atoms with Crippen LogP contribution >= 0.6 is 0 Å². The molecule has 0 amide bonds. The summed E-state index contributed by atoms with van der Waals surface area (Å²) in [5.74, 6) is 0. The van der Waals surface area contributed by atoms with E-state index in [2.05, 4.69) is 24.1 Å². The van der Waals surface area contributed by atoms with E-state index in [1.165, 1.54) is 58.2 Å². The molecule has 2 fully saturated rings. The van der Waals surface area contributed by atoms with Crippen LogP contribution < -0.4 is 5.32 Å². The number of hydrogen-bond acceptors (Lipinski definition) is 3. The summed E-state index contributed by atoms with van der Waals surface area (Å²) in [6.07, 6.45) is 7.94. The number of nitrogens with zero attached hydrogens (tertiary/aromatic N) is 1. The lowest BCUT2D eigenvalue weighted by molar-refractivity contribution is 0.136. The summed E-state index contributed by atoms with van der Waals surface area (Å²) in [5.41, 5.74) is 0.605. The maximum Gasteiger partial charge on any atom is 0.0468 e. The number of hydrogen-bond donors (Lipinski definition) is 1. The third-order valence-electron chi connectivity index (χ3n) is 5.04. The second-order valence-corrected chi connectivity index (χ2v) is 6.77. The van der Waals surface area contributed by atoms with Crippen LogP contribution in [0.4, 0.5) is 0 Å². The third kappa shape index (κ3) is 4.73. The Morgan fingerprint density at radius 2 is 2.00 bits per heavy atom. The highest BCUT2D eigenvalue weighted by Gasteiger charge is 2.43. The highest BCUT2D eigenvalue weighted by molar-refractivity contribution is 4.96. The third-order valence-corrected chi connectivity index (χ3v) is 5.04. The zero-order valence-corrected chi connectivity index (χ0v) is 13.1. The Kier molecular flexibility index (Phi) is 5.67. The molecule has 0 spiro atoms. The smallest absolute Gasteiger partial charge is 0.0468 e. The minimum absolute atomic E-state index is 0.605. The van der Waals surface area contributed by atoms with Gasteiger partial charge in [-0.3, -0.25) is 0 Å². The first-order valence-electron chi connectivity index (χ1n) is 8.15. The fourth-order valence-corrected chi connectivity index (χ4v) is 3.33. The number of methoxy groups -OCH3 is 1. The monoisotopic (exact) mass is 268 g/mol. The molecule has 2 atom stereocenters. The summed E-state index contributed by atoms with van der Waals surface area (Å²) in [6.45, 7) is 9.41. The van der Waals surface area contributed by atoms with Gasteiger partial charge in [-0.1, -0.05) is 6.92 Å². The summed E-state index contributed by atoms with van der Waals surface area (Å²) in [4.78, 5) is 2.72. The first kappa shape index (κ1) is 15.3. The van der Waals surface area contributed by atoms with Crippen LogP contribution in [-0.2, 0) is 4.74 Å². The van der Waals surface area contributed by atoms with Crippen molar-refractivity contribution >= 4 is 0 Å². The van der Waals surface area contributed by atoms with E-state index in [1.54, 1.807) is 0 Å². The molecule has 0 aromatic heterocycles. The Morgan fingerprint density at radius 1 is 1.26 bits per heavy atom. The molecular formula is C16H32N2O. The second kappa shape index (κ2) is 7.05. The van der Waals surface area contributed by atoms with Gasteiger partial charge in [-0.05, 0) is 64.0 Å². The number of rotatable bonds is 6. The Labute approximate surface area is 119 Å². The molecule has 1 N–H and O–H groups in total. The summed E-state index contributed by atoms with van der Waals surface area (Å²) >= 11 is 0. The van der Waals surface area contributed by atoms with Crippen LogP contribution in [0.3, 0.4) is 0 Å². The molecule has 1 saturated heterocycles. The summed E-state index contributed by atoms with van der Waals surface area (Å²) in [5, 5.41) is 3.76. The zero-order chi connectivity index (χ0) is 13.7. The molecule has 1 aliphatic heterocycles. The zero-order valence-electron chi connectivity index (χ0n) is 13.1. The molecule has 0 aromatic rings. The Hall–Kier alpha value is -0.120. The van der Waals surface area contributed by atoms with Gasteiger partial charge < -0.3 is 15.0 Å². The molecule has 112 valence electrons. The molecule has 1 saturated carbocycles. The van der Waals surface area contributed by atoms with Crippen LogP contribution in [0, 0.1) is 5.41 Å². The predicted molar refractivity (Wildman–Crippen MR) is 80.5 cm³/mol. The lowest BCUT2D eigenvalue weighted by atomic mass is 10.00. The van der Waals surface area contributed by atoms with Crippen molar-refractivity contribution in [2.24, 2.45) is 5.41 Å². The minimum Gasteiger partial charge on any atom is -0.385 e. The van der Waals surface area contributed by atoms with Crippen LogP contribution in [0.15, 0.2) is 0 Å². The topological polar surface area (TPSA) is 24.5 Å². The van der Waals surface area contributed by atoms with E-state index in [4.69, 9.17) is 4.74 Å². The SMILES string of the molecule is CCC1CCN(CC2(CCOC)CC2)CCC(C)N1. The molecule has 2 aliphatic rings. The van der Waals surface area contributed by atoms with Gasteiger partial charge in [0.15, 0.2) is 0 Å². The van der Waals surface area contributed by atoms with Gasteiger partial charge in [0.2, 0.25) is 0 Å². The maximum absolute atomic E-state index is 5.27. The van der Waals surface area contributed by atoms with E-state index in [-0.39, 0.29) is 0 Å². The highest BCUT2D eigenvalue weighted by Crippen LogP contribution is 2.49. The molecule has 1 heterocycles. The van der Waals surface area contributed by atoms with Crippen molar-refractivity contribution < 1.29 is 4.74 Å². The van der Waals surface area contributed by atoms with E-state index in [0.717, 1.165) is 6.61 Å². The highest BCUT2D eigenvalue weighted by atomic mass is 16.5. The molecule has 0 aromatic carbocycles. The van der Waals surface area contributed by atoms with Crippen molar-refractivity contribution in [1.29, 1.82) is 0 Å². The maximum atomic E-state index is 5.27. The van der Waals surface area contributed by atoms with Gasteiger partial charge in [-0.2, -0.15) is 0 Å². The van der Waals surface area contributed by atoms with E-state index < -0.39 is 0 Å². The predicted octanol–water partition coefficient (Wildman–Crippen LogP) is 2.66. The van der Waals surface area contributed by atoms with Gasteiger partial charge in [0, 0.05) is 32.3 Å². The van der Waals surface area contributed by atoms with Crippen molar-refractivity contribution in [2.75, 3.05) is 33.4 Å². The first-order chi connectivity index (χ1) is 9.17. The van der Waals surface area contributed by atoms with Gasteiger partial charge in [-0.25, -0.2) is 0 Å². The molecule has 2 unspecified atom stereocenters.